The zero-order chi connectivity index (χ0) is 7.28. The number of nitrogens with one attached hydrogen (secondary N) is 1. The van der Waals surface area contributed by atoms with Gasteiger partial charge in [-0.1, -0.05) is 0 Å². The van der Waals surface area contributed by atoms with Crippen LogP contribution in [-0.4, -0.2) is 25.2 Å². The van der Waals surface area contributed by atoms with Crippen LogP contribution in [0.15, 0.2) is 0 Å². The van der Waals surface area contributed by atoms with Crippen LogP contribution < -0.4 is 51.4 Å². The van der Waals surface area contributed by atoms with E-state index >= 15 is 0 Å². The van der Waals surface area contributed by atoms with Crippen molar-refractivity contribution in [1.82, 2.24) is 5.32 Å². The first-order valence-corrected chi connectivity index (χ1v) is 2.54. The number of nitrogens with two attached hydrogens (primary N) is 2. The molecule has 0 heterocycles. The van der Waals surface area contributed by atoms with Crippen molar-refractivity contribution in [2.75, 3.05) is 13.1 Å². The van der Waals surface area contributed by atoms with Crippen LogP contribution in [0.1, 0.15) is 0 Å². The minimum atomic E-state index is -1.16. The molecule has 0 rings (SSSR count). The van der Waals surface area contributed by atoms with Crippen LogP contribution in [0.4, 0.5) is 0 Å². The predicted molar refractivity (Wildman–Crippen MR) is 30.0 cm³/mol. The normalized spacial score (nSPS) is 9.10. The van der Waals surface area contributed by atoms with E-state index in [1.54, 1.807) is 0 Å². The molecule has 0 aromatic carbocycles. The van der Waals surface area contributed by atoms with Gasteiger partial charge in [0.05, 0.1) is 12.1 Å². The van der Waals surface area contributed by atoms with E-state index in [0.717, 1.165) is 0 Å². The van der Waals surface area contributed by atoms with Crippen LogP contribution in [-0.2, 0) is 4.79 Å². The molecule has 0 saturated carbocycles. The van der Waals surface area contributed by atoms with E-state index in [-0.39, 0.29) is 42.6 Å². The van der Waals surface area contributed by atoms with Crippen LogP contribution in [0.25, 0.3) is 0 Å². The molecule has 0 aromatic rings. The van der Waals surface area contributed by atoms with E-state index < -0.39 is 12.1 Å². The Morgan fingerprint density at radius 1 is 1.60 bits per heavy atom. The molecular formula is C4H10N3NaO2. The Balaban J connectivity index is 0. The summed E-state index contributed by atoms with van der Waals surface area (Å²) in [6.45, 7) is 0.0822. The molecule has 54 valence electrons. The number of hydrogen-bond acceptors (Lipinski definition) is 5. The second-order valence-electron chi connectivity index (χ2n) is 1.67. The molecule has 6 heteroatoms. The van der Waals surface area contributed by atoms with E-state index in [2.05, 4.69) is 5.32 Å². The number of carbonyl (C=O) groups is 1. The van der Waals surface area contributed by atoms with Crippen molar-refractivity contribution in [2.45, 2.75) is 6.17 Å². The SMILES string of the molecule is NC(N)CNCC(=O)[O-].[Na+]. The van der Waals surface area contributed by atoms with Gasteiger partial charge in [-0.2, -0.15) is 0 Å². The topological polar surface area (TPSA) is 104 Å². The van der Waals surface area contributed by atoms with E-state index in [1.165, 1.54) is 0 Å². The summed E-state index contributed by atoms with van der Waals surface area (Å²) in [7, 11) is 0. The molecule has 0 saturated heterocycles. The second kappa shape index (κ2) is 7.46. The van der Waals surface area contributed by atoms with Gasteiger partial charge in [0.1, 0.15) is 0 Å². The number of carboxylic acids is 1. The maximum absolute atomic E-state index is 9.73. The Labute approximate surface area is 81.4 Å². The molecule has 0 aromatic heterocycles. The Hall–Kier alpha value is 0.350. The first-order valence-electron chi connectivity index (χ1n) is 2.54. The molecule has 5 nitrogen and oxygen atoms in total. The van der Waals surface area contributed by atoms with Gasteiger partial charge in [-0.25, -0.2) is 0 Å². The summed E-state index contributed by atoms with van der Waals surface area (Å²) in [6, 6.07) is 0. The van der Waals surface area contributed by atoms with Gasteiger partial charge in [0.15, 0.2) is 0 Å². The molecule has 0 amide bonds. The molecule has 5 N–H and O–H groups in total. The van der Waals surface area contributed by atoms with Crippen molar-refractivity contribution in [3.8, 4) is 0 Å². The Kier molecular flexibility index (Phi) is 9.68. The summed E-state index contributed by atoms with van der Waals surface area (Å²) >= 11 is 0. The Morgan fingerprint density at radius 2 is 2.10 bits per heavy atom. The van der Waals surface area contributed by atoms with Crippen molar-refractivity contribution >= 4 is 5.97 Å². The van der Waals surface area contributed by atoms with Crippen LogP contribution in [0.2, 0.25) is 0 Å². The minimum Gasteiger partial charge on any atom is -0.549 e. The van der Waals surface area contributed by atoms with Gasteiger partial charge in [-0.15, -0.1) is 0 Å². The largest absolute Gasteiger partial charge is 1.00 e. The van der Waals surface area contributed by atoms with E-state index in [9.17, 15) is 9.90 Å². The molecule has 0 atom stereocenters. The summed E-state index contributed by atoms with van der Waals surface area (Å²) in [5, 5.41) is 12.2. The van der Waals surface area contributed by atoms with E-state index in [0.29, 0.717) is 0 Å². The predicted octanol–water partition coefficient (Wildman–Crippen LogP) is -6.43. The number of carboxylic acid groups (broad SMARTS) is 1. The molecule has 0 aliphatic rings. The Bertz CT molecular complexity index is 98.5. The molecule has 10 heavy (non-hydrogen) atoms. The van der Waals surface area contributed by atoms with Crippen molar-refractivity contribution in [2.24, 2.45) is 11.5 Å². The number of hydrogen-bond donors (Lipinski definition) is 3. The third-order valence-corrected chi connectivity index (χ3v) is 0.649. The number of carbonyl (C=O) groups excluding carboxylic acids is 1. The monoisotopic (exact) mass is 155 g/mol. The van der Waals surface area contributed by atoms with Gasteiger partial charge >= 0.3 is 29.6 Å². The van der Waals surface area contributed by atoms with Crippen LogP contribution in [0.3, 0.4) is 0 Å². The summed E-state index contributed by atoms with van der Waals surface area (Å²) in [6.07, 6.45) is -0.510. The van der Waals surface area contributed by atoms with Crippen molar-refractivity contribution < 1.29 is 39.5 Å². The minimum absolute atomic E-state index is 0. The van der Waals surface area contributed by atoms with Crippen LogP contribution in [0.5, 0.6) is 0 Å². The van der Waals surface area contributed by atoms with Gasteiger partial charge in [0.25, 0.3) is 0 Å². The first-order chi connectivity index (χ1) is 4.13. The molecule has 0 bridgehead atoms. The molecule has 0 unspecified atom stereocenters. The molecule has 0 aliphatic carbocycles. The second-order valence-corrected chi connectivity index (χ2v) is 1.67. The molecule has 0 radical (unpaired) electrons. The Morgan fingerprint density at radius 3 is 2.40 bits per heavy atom. The molecular weight excluding hydrogens is 145 g/mol. The standard InChI is InChI=1S/C4H11N3O2.Na/c5-3(6)1-7-2-4(8)9;/h3,7H,1-2,5-6H2,(H,8,9);/q;+1/p-1. The summed E-state index contributed by atoms with van der Waals surface area (Å²) in [5.41, 5.74) is 10.2. The van der Waals surface area contributed by atoms with Crippen LogP contribution in [0, 0.1) is 0 Å². The summed E-state index contributed by atoms with van der Waals surface area (Å²) in [5.74, 6) is -1.16. The van der Waals surface area contributed by atoms with Crippen LogP contribution >= 0.6 is 0 Å². The third-order valence-electron chi connectivity index (χ3n) is 0.649. The fraction of sp³-hybridized carbons (Fsp3) is 0.750. The van der Waals surface area contributed by atoms with Crippen molar-refractivity contribution in [3.63, 3.8) is 0 Å². The summed E-state index contributed by atoms with van der Waals surface area (Å²) < 4.78 is 0. The maximum atomic E-state index is 9.73. The number of rotatable bonds is 4. The summed E-state index contributed by atoms with van der Waals surface area (Å²) in [4.78, 5) is 9.73. The third kappa shape index (κ3) is 11.2. The zero-order valence-corrected chi connectivity index (χ0v) is 7.96. The first kappa shape index (κ1) is 13.0. The molecule has 0 fully saturated rings. The van der Waals surface area contributed by atoms with Gasteiger partial charge in [-0.05, 0) is 0 Å². The van der Waals surface area contributed by atoms with E-state index in [1.807, 2.05) is 0 Å². The van der Waals surface area contributed by atoms with Gasteiger partial charge in [0.2, 0.25) is 0 Å². The fourth-order valence-corrected chi connectivity index (χ4v) is 0.341. The molecule has 0 spiro atoms. The molecule has 0 aliphatic heterocycles. The van der Waals surface area contributed by atoms with Gasteiger partial charge in [-0.3, -0.25) is 0 Å². The van der Waals surface area contributed by atoms with Gasteiger partial charge in [0, 0.05) is 13.1 Å². The average molecular weight is 155 g/mol. The quantitative estimate of drug-likeness (QED) is 0.276. The average Bonchev–Trinajstić information content (AvgIpc) is 1.63. The number of aliphatic carboxylic acids is 1. The van der Waals surface area contributed by atoms with E-state index in [4.69, 9.17) is 11.5 Å². The zero-order valence-electron chi connectivity index (χ0n) is 5.96. The van der Waals surface area contributed by atoms with Gasteiger partial charge < -0.3 is 26.7 Å². The maximum Gasteiger partial charge on any atom is 1.00 e. The smallest absolute Gasteiger partial charge is 0.549 e. The van der Waals surface area contributed by atoms with Crippen molar-refractivity contribution in [1.29, 1.82) is 0 Å². The fourth-order valence-electron chi connectivity index (χ4n) is 0.341. The van der Waals surface area contributed by atoms with Crippen molar-refractivity contribution in [3.05, 3.63) is 0 Å².